The van der Waals surface area contributed by atoms with Crippen LogP contribution in [0, 0.1) is 5.92 Å². The number of aliphatic hydroxyl groups is 2. The Hall–Kier alpha value is -0.940. The molecule has 0 rings (SSSR count). The van der Waals surface area contributed by atoms with Gasteiger partial charge in [-0.25, -0.2) is 0 Å². The fourth-order valence-corrected chi connectivity index (χ4v) is 1.04. The third kappa shape index (κ3) is 4.94. The summed E-state index contributed by atoms with van der Waals surface area (Å²) in [6, 6.07) is 0. The molecule has 2 atom stereocenters. The molecule has 0 fully saturated rings. The lowest BCUT2D eigenvalue weighted by Gasteiger charge is -2.14. The van der Waals surface area contributed by atoms with E-state index in [0.29, 0.717) is 0 Å². The summed E-state index contributed by atoms with van der Waals surface area (Å²) in [7, 11) is 0. The summed E-state index contributed by atoms with van der Waals surface area (Å²) in [5, 5.41) is 26.7. The van der Waals surface area contributed by atoms with E-state index in [1.165, 1.54) is 0 Å². The summed E-state index contributed by atoms with van der Waals surface area (Å²) in [4.78, 5) is 21.3. The fourth-order valence-electron chi connectivity index (χ4n) is 1.04. The molecule has 5 nitrogen and oxygen atoms in total. The molecule has 14 heavy (non-hydrogen) atoms. The van der Waals surface area contributed by atoms with Gasteiger partial charge in [-0.15, -0.1) is 0 Å². The third-order valence-corrected chi connectivity index (χ3v) is 1.80. The minimum absolute atomic E-state index is 0.219. The van der Waals surface area contributed by atoms with Crippen LogP contribution in [0.3, 0.4) is 0 Å². The number of hydrogen-bond donors (Lipinski definition) is 3. The van der Waals surface area contributed by atoms with Crippen molar-refractivity contribution >= 4 is 11.8 Å². The van der Waals surface area contributed by atoms with E-state index in [0.717, 1.165) is 0 Å². The normalized spacial score (nSPS) is 15.2. The molecule has 0 aromatic rings. The zero-order valence-electron chi connectivity index (χ0n) is 8.30. The smallest absolute Gasteiger partial charge is 0.305 e. The van der Waals surface area contributed by atoms with E-state index in [-0.39, 0.29) is 18.1 Å². The molecule has 3 N–H and O–H groups in total. The van der Waals surface area contributed by atoms with E-state index in [2.05, 4.69) is 0 Å². The Morgan fingerprint density at radius 3 is 2.07 bits per heavy atom. The number of aliphatic hydroxyl groups excluding tert-OH is 2. The van der Waals surface area contributed by atoms with Gasteiger partial charge in [-0.05, 0) is 0 Å². The van der Waals surface area contributed by atoms with Crippen LogP contribution >= 0.6 is 0 Å². The first-order valence-corrected chi connectivity index (χ1v) is 4.46. The molecule has 0 aliphatic carbocycles. The van der Waals surface area contributed by atoms with E-state index in [4.69, 9.17) is 10.2 Å². The molecule has 0 spiro atoms. The van der Waals surface area contributed by atoms with Gasteiger partial charge in [0.25, 0.3) is 0 Å². The van der Waals surface area contributed by atoms with Gasteiger partial charge in [-0.2, -0.15) is 0 Å². The van der Waals surface area contributed by atoms with Gasteiger partial charge in [0.2, 0.25) is 0 Å². The molecule has 0 saturated carbocycles. The SMILES string of the molecule is CC(C)C(=O)C(O)CC(O)CC(=O)O. The first kappa shape index (κ1) is 13.1. The molecular formula is C9H16O5. The highest BCUT2D eigenvalue weighted by molar-refractivity contribution is 5.84. The Morgan fingerprint density at radius 2 is 1.71 bits per heavy atom. The Morgan fingerprint density at radius 1 is 1.21 bits per heavy atom. The maximum atomic E-state index is 11.2. The first-order valence-electron chi connectivity index (χ1n) is 4.46. The van der Waals surface area contributed by atoms with E-state index in [1.54, 1.807) is 13.8 Å². The van der Waals surface area contributed by atoms with Crippen molar-refractivity contribution in [1.82, 2.24) is 0 Å². The van der Waals surface area contributed by atoms with Gasteiger partial charge >= 0.3 is 5.97 Å². The highest BCUT2D eigenvalue weighted by Gasteiger charge is 2.22. The number of ketones is 1. The maximum absolute atomic E-state index is 11.2. The molecule has 82 valence electrons. The summed E-state index contributed by atoms with van der Waals surface area (Å²) in [5.74, 6) is -1.85. The highest BCUT2D eigenvalue weighted by Crippen LogP contribution is 2.08. The molecule has 0 aromatic carbocycles. The summed E-state index contributed by atoms with van der Waals surface area (Å²) in [6.07, 6.45) is -3.12. The fraction of sp³-hybridized carbons (Fsp3) is 0.778. The van der Waals surface area contributed by atoms with Crippen molar-refractivity contribution in [2.24, 2.45) is 5.92 Å². The van der Waals surface area contributed by atoms with E-state index in [9.17, 15) is 14.7 Å². The first-order chi connectivity index (χ1) is 6.34. The van der Waals surface area contributed by atoms with Crippen LogP contribution in [0.2, 0.25) is 0 Å². The molecule has 0 amide bonds. The Bertz CT molecular complexity index is 211. The number of hydrogen-bond acceptors (Lipinski definition) is 4. The van der Waals surface area contributed by atoms with Crippen molar-refractivity contribution in [3.05, 3.63) is 0 Å². The van der Waals surface area contributed by atoms with Gasteiger partial charge < -0.3 is 15.3 Å². The Labute approximate surface area is 82.4 Å². The minimum atomic E-state index is -1.27. The second kappa shape index (κ2) is 5.72. The van der Waals surface area contributed by atoms with Crippen molar-refractivity contribution in [3.8, 4) is 0 Å². The lowest BCUT2D eigenvalue weighted by atomic mass is 9.98. The number of aliphatic carboxylic acids is 1. The van der Waals surface area contributed by atoms with Crippen molar-refractivity contribution in [3.63, 3.8) is 0 Å². The van der Waals surface area contributed by atoms with E-state index < -0.39 is 24.6 Å². The lowest BCUT2D eigenvalue weighted by Crippen LogP contribution is -2.30. The maximum Gasteiger partial charge on any atom is 0.305 e. The Balaban J connectivity index is 3.99. The molecule has 0 saturated heterocycles. The standard InChI is InChI=1S/C9H16O5/c1-5(2)9(14)7(11)3-6(10)4-8(12)13/h5-7,10-11H,3-4H2,1-2H3,(H,12,13). The highest BCUT2D eigenvalue weighted by atomic mass is 16.4. The number of rotatable bonds is 6. The van der Waals surface area contributed by atoms with Gasteiger partial charge in [0.05, 0.1) is 12.5 Å². The zero-order chi connectivity index (χ0) is 11.3. The number of carbonyl (C=O) groups excluding carboxylic acids is 1. The molecule has 0 radical (unpaired) electrons. The van der Waals surface area contributed by atoms with Crippen LogP contribution in [-0.2, 0) is 9.59 Å². The summed E-state index contributed by atoms with van der Waals surface area (Å²) >= 11 is 0. The largest absolute Gasteiger partial charge is 0.481 e. The monoisotopic (exact) mass is 204 g/mol. The molecular weight excluding hydrogens is 188 g/mol. The molecule has 0 aromatic heterocycles. The van der Waals surface area contributed by atoms with Crippen LogP contribution in [0.4, 0.5) is 0 Å². The molecule has 0 aliphatic rings. The van der Waals surface area contributed by atoms with Crippen LogP contribution in [-0.4, -0.2) is 39.3 Å². The zero-order valence-corrected chi connectivity index (χ0v) is 8.30. The number of Topliss-reactive ketones (excluding diaryl/α,β-unsaturated/α-hetero) is 1. The molecule has 0 heterocycles. The van der Waals surface area contributed by atoms with Crippen molar-refractivity contribution in [2.45, 2.75) is 38.9 Å². The van der Waals surface area contributed by atoms with Crippen molar-refractivity contribution in [1.29, 1.82) is 0 Å². The van der Waals surface area contributed by atoms with E-state index in [1.807, 2.05) is 0 Å². The molecule has 0 aliphatic heterocycles. The van der Waals surface area contributed by atoms with Crippen LogP contribution in [0.15, 0.2) is 0 Å². The van der Waals surface area contributed by atoms with Gasteiger partial charge in [0.1, 0.15) is 6.10 Å². The van der Waals surface area contributed by atoms with Gasteiger partial charge in [0, 0.05) is 12.3 Å². The molecule has 0 bridgehead atoms. The van der Waals surface area contributed by atoms with E-state index >= 15 is 0 Å². The van der Waals surface area contributed by atoms with Crippen molar-refractivity contribution < 1.29 is 24.9 Å². The quantitative estimate of drug-likeness (QED) is 0.557. The number of carboxylic acid groups (broad SMARTS) is 1. The second-order valence-corrected chi connectivity index (χ2v) is 3.56. The molecule has 5 heteroatoms. The number of carbonyl (C=O) groups is 2. The second-order valence-electron chi connectivity index (χ2n) is 3.56. The third-order valence-electron chi connectivity index (χ3n) is 1.80. The lowest BCUT2D eigenvalue weighted by molar-refractivity contribution is -0.141. The minimum Gasteiger partial charge on any atom is -0.481 e. The van der Waals surface area contributed by atoms with Gasteiger partial charge in [-0.1, -0.05) is 13.8 Å². The average molecular weight is 204 g/mol. The van der Waals surface area contributed by atoms with Gasteiger partial charge in [-0.3, -0.25) is 9.59 Å². The van der Waals surface area contributed by atoms with Crippen LogP contribution in [0.5, 0.6) is 0 Å². The topological polar surface area (TPSA) is 94.8 Å². The average Bonchev–Trinajstić information content (AvgIpc) is 2.00. The van der Waals surface area contributed by atoms with Crippen LogP contribution < -0.4 is 0 Å². The molecule has 2 unspecified atom stereocenters. The summed E-state index contributed by atoms with van der Waals surface area (Å²) < 4.78 is 0. The van der Waals surface area contributed by atoms with Crippen LogP contribution in [0.25, 0.3) is 0 Å². The predicted octanol–water partition coefficient (Wildman–Crippen LogP) is -0.202. The Kier molecular flexibility index (Phi) is 5.34. The van der Waals surface area contributed by atoms with Crippen molar-refractivity contribution in [2.75, 3.05) is 0 Å². The van der Waals surface area contributed by atoms with Crippen LogP contribution in [0.1, 0.15) is 26.7 Å². The predicted molar refractivity (Wildman–Crippen MR) is 48.7 cm³/mol. The van der Waals surface area contributed by atoms with Gasteiger partial charge in [0.15, 0.2) is 5.78 Å². The summed E-state index contributed by atoms with van der Waals surface area (Å²) in [6.45, 7) is 3.27. The summed E-state index contributed by atoms with van der Waals surface area (Å²) in [5.41, 5.74) is 0. The number of carboxylic acids is 1.